The van der Waals surface area contributed by atoms with Crippen LogP contribution in [0, 0.1) is 12.3 Å². The highest BCUT2D eigenvalue weighted by molar-refractivity contribution is 6.09. The zero-order valence-electron chi connectivity index (χ0n) is 15.7. The number of carbonyl (C=O) groups is 1. The summed E-state index contributed by atoms with van der Waals surface area (Å²) in [5.74, 6) is 3.66. The monoisotopic (exact) mass is 390 g/mol. The molecule has 0 N–H and O–H groups in total. The summed E-state index contributed by atoms with van der Waals surface area (Å²) in [6.45, 7) is 0.213. The fourth-order valence-electron chi connectivity index (χ4n) is 3.23. The molecule has 6 heteroatoms. The highest BCUT2D eigenvalue weighted by Gasteiger charge is 2.16. The number of amidine groups is 1. The summed E-state index contributed by atoms with van der Waals surface area (Å²) in [7, 11) is 0. The molecule has 3 aromatic rings. The van der Waals surface area contributed by atoms with E-state index in [-0.39, 0.29) is 12.4 Å². The number of pyridine rings is 1. The van der Waals surface area contributed by atoms with Crippen LogP contribution in [0.4, 0.5) is 5.69 Å². The summed E-state index contributed by atoms with van der Waals surface area (Å²) in [6, 6.07) is 13.9. The van der Waals surface area contributed by atoms with Gasteiger partial charge in [0, 0.05) is 28.5 Å². The van der Waals surface area contributed by atoms with Crippen molar-refractivity contribution in [1.82, 2.24) is 4.98 Å². The topological polar surface area (TPSA) is 76.3 Å². The molecule has 6 nitrogen and oxygen atoms in total. The van der Waals surface area contributed by atoms with Crippen molar-refractivity contribution < 1.29 is 9.53 Å². The number of rotatable bonds is 5. The van der Waals surface area contributed by atoms with Crippen LogP contribution in [0.2, 0.25) is 0 Å². The predicted molar refractivity (Wildman–Crippen MR) is 112 cm³/mol. The first-order chi connectivity index (χ1) is 14.7. The van der Waals surface area contributed by atoms with Crippen LogP contribution < -0.4 is 15.6 Å². The molecule has 2 aromatic carbocycles. The largest absolute Gasteiger partial charge is 0.486 e. The number of benzene rings is 2. The molecule has 0 spiro atoms. The first kappa shape index (κ1) is 17.7. The van der Waals surface area contributed by atoms with E-state index >= 15 is 0 Å². The molecule has 0 radical (unpaired) electrons. The third kappa shape index (κ3) is 3.19. The van der Waals surface area contributed by atoms with Gasteiger partial charge < -0.3 is 4.74 Å². The van der Waals surface area contributed by atoms with Gasteiger partial charge in [-0.25, -0.2) is 20.0 Å². The normalized spacial score (nSPS) is 12.8. The van der Waals surface area contributed by atoms with Gasteiger partial charge in [-0.15, -0.1) is 6.42 Å². The van der Waals surface area contributed by atoms with E-state index in [1.807, 2.05) is 6.08 Å². The number of fused-ring (bicyclic) bond motifs is 3. The number of aromatic nitrogens is 1. The fourth-order valence-corrected chi connectivity index (χ4v) is 3.23. The summed E-state index contributed by atoms with van der Waals surface area (Å²) in [4.78, 5) is 30.0. The lowest BCUT2D eigenvalue weighted by Gasteiger charge is -2.06. The lowest BCUT2D eigenvalue weighted by molar-refractivity contribution is 0.103. The zero-order chi connectivity index (χ0) is 20.5. The van der Waals surface area contributed by atoms with Gasteiger partial charge in [0.15, 0.2) is 17.1 Å². The minimum absolute atomic E-state index is 0.0736. The molecule has 0 saturated heterocycles. The molecular weight excluding hydrogens is 376 g/mol. The molecule has 0 fully saturated rings. The molecule has 0 saturated carbocycles. The van der Waals surface area contributed by atoms with Crippen molar-refractivity contribution in [2.75, 3.05) is 6.61 Å². The van der Waals surface area contributed by atoms with Crippen molar-refractivity contribution in [2.24, 2.45) is 15.0 Å². The Morgan fingerprint density at radius 3 is 2.47 bits per heavy atom. The zero-order valence-corrected chi connectivity index (χ0v) is 15.7. The van der Waals surface area contributed by atoms with E-state index in [0.717, 1.165) is 16.8 Å². The van der Waals surface area contributed by atoms with Gasteiger partial charge in [0.25, 0.3) is 0 Å². The molecule has 1 aromatic heterocycles. The Hall–Kier alpha value is -4.37. The van der Waals surface area contributed by atoms with Crippen LogP contribution in [0.1, 0.15) is 27.0 Å². The highest BCUT2D eigenvalue weighted by atomic mass is 16.5. The van der Waals surface area contributed by atoms with Gasteiger partial charge in [-0.3, -0.25) is 4.79 Å². The van der Waals surface area contributed by atoms with Gasteiger partial charge in [0.2, 0.25) is 0 Å². The van der Waals surface area contributed by atoms with Gasteiger partial charge in [0.1, 0.15) is 23.4 Å². The second-order valence-corrected chi connectivity index (χ2v) is 6.68. The molecular formula is C24H14N4O2. The smallest absolute Gasteiger partial charge is 0.193 e. The predicted octanol–water partition coefficient (Wildman–Crippen LogP) is 2.64. The Balaban J connectivity index is 1.27. The first-order valence-corrected chi connectivity index (χ1v) is 9.25. The molecule has 30 heavy (non-hydrogen) atoms. The minimum atomic E-state index is -0.0736. The van der Waals surface area contributed by atoms with E-state index in [9.17, 15) is 4.79 Å². The minimum Gasteiger partial charge on any atom is -0.486 e. The quantitative estimate of drug-likeness (QED) is 0.496. The van der Waals surface area contributed by atoms with E-state index in [4.69, 9.17) is 11.2 Å². The van der Waals surface area contributed by atoms with Crippen LogP contribution in [0.5, 0.6) is 5.75 Å². The molecule has 0 bridgehead atoms. The molecule has 0 aliphatic carbocycles. The number of aliphatic imine (C=N–C) groups is 1. The number of nitrogens with zero attached hydrogens (tertiary/aromatic N) is 4. The van der Waals surface area contributed by atoms with E-state index < -0.39 is 0 Å². The summed E-state index contributed by atoms with van der Waals surface area (Å²) in [5.41, 5.74) is 4.20. The molecule has 5 rings (SSSR count). The SMILES string of the molecule is C#Cc1ccc(C(=O)c2ccc(OCC3=Nc4c5c(ncc4=N3)=NC=C5)cc2)cc1. The van der Waals surface area contributed by atoms with Gasteiger partial charge in [0.05, 0.1) is 6.20 Å². The van der Waals surface area contributed by atoms with Crippen LogP contribution in [0.3, 0.4) is 0 Å². The van der Waals surface area contributed by atoms with Crippen LogP contribution in [-0.2, 0) is 0 Å². The van der Waals surface area contributed by atoms with Gasteiger partial charge >= 0.3 is 0 Å². The van der Waals surface area contributed by atoms with E-state index in [0.29, 0.717) is 33.6 Å². The molecule has 2 aliphatic heterocycles. The molecule has 0 unspecified atom stereocenters. The standard InChI is InChI=1S/C24H14N4O2/c1-2-15-3-5-16(6-4-15)23(29)17-7-9-18(10-8-17)30-14-21-27-20-13-26-24-19(11-12-25-24)22(20)28-21/h1,3-13H,14H2. The number of hydrogen-bond acceptors (Lipinski definition) is 6. The maximum Gasteiger partial charge on any atom is 0.193 e. The maximum absolute atomic E-state index is 12.6. The molecule has 2 aliphatic rings. The fraction of sp³-hybridized carbons (Fsp3) is 0.0417. The number of terminal acetylenes is 1. The molecule has 142 valence electrons. The van der Waals surface area contributed by atoms with Crippen LogP contribution >= 0.6 is 0 Å². The summed E-state index contributed by atoms with van der Waals surface area (Å²) >= 11 is 0. The van der Waals surface area contributed by atoms with Crippen LogP contribution in [0.25, 0.3) is 6.08 Å². The highest BCUT2D eigenvalue weighted by Crippen LogP contribution is 2.19. The van der Waals surface area contributed by atoms with Crippen LogP contribution in [0.15, 0.2) is 75.9 Å². The lowest BCUT2D eigenvalue weighted by Crippen LogP contribution is -2.15. The average molecular weight is 390 g/mol. The van der Waals surface area contributed by atoms with Gasteiger partial charge in [-0.2, -0.15) is 0 Å². The number of ketones is 1. The Bertz CT molecular complexity index is 1390. The van der Waals surface area contributed by atoms with Crippen molar-refractivity contribution in [2.45, 2.75) is 0 Å². The van der Waals surface area contributed by atoms with Crippen molar-refractivity contribution in [1.29, 1.82) is 0 Å². The van der Waals surface area contributed by atoms with Gasteiger partial charge in [-0.1, -0.05) is 5.92 Å². The van der Waals surface area contributed by atoms with Gasteiger partial charge in [-0.05, 0) is 54.6 Å². The Morgan fingerprint density at radius 1 is 1.00 bits per heavy atom. The van der Waals surface area contributed by atoms with Crippen molar-refractivity contribution >= 4 is 23.4 Å². The number of hydrogen-bond donors (Lipinski definition) is 0. The third-order valence-corrected chi connectivity index (χ3v) is 4.77. The van der Waals surface area contributed by atoms with E-state index in [2.05, 4.69) is 25.9 Å². The molecule has 3 heterocycles. The maximum atomic E-state index is 12.6. The Labute approximate surface area is 172 Å². The Kier molecular flexibility index (Phi) is 4.26. The number of ether oxygens (including phenoxy) is 1. The average Bonchev–Trinajstić information content (AvgIpc) is 3.44. The van der Waals surface area contributed by atoms with Crippen molar-refractivity contribution in [3.8, 4) is 18.1 Å². The van der Waals surface area contributed by atoms with Crippen LogP contribution in [-0.4, -0.2) is 23.2 Å². The third-order valence-electron chi connectivity index (χ3n) is 4.77. The second-order valence-electron chi connectivity index (χ2n) is 6.68. The van der Waals surface area contributed by atoms with E-state index in [1.54, 1.807) is 60.9 Å². The van der Waals surface area contributed by atoms with Crippen molar-refractivity contribution in [3.63, 3.8) is 0 Å². The molecule has 0 atom stereocenters. The van der Waals surface area contributed by atoms with E-state index in [1.165, 1.54) is 0 Å². The summed E-state index contributed by atoms with van der Waals surface area (Å²) in [6.07, 6.45) is 10.6. The number of carbonyl (C=O) groups excluding carboxylic acids is 1. The lowest BCUT2D eigenvalue weighted by atomic mass is 10.0. The first-order valence-electron chi connectivity index (χ1n) is 9.25. The molecule has 0 amide bonds. The summed E-state index contributed by atoms with van der Waals surface area (Å²) in [5, 5.41) is 0.714. The van der Waals surface area contributed by atoms with Crippen molar-refractivity contribution in [3.05, 3.63) is 94.0 Å². The second kappa shape index (κ2) is 7.22. The Morgan fingerprint density at radius 2 is 1.73 bits per heavy atom. The summed E-state index contributed by atoms with van der Waals surface area (Å²) < 4.78 is 5.79.